The Balaban J connectivity index is 1.65. The van der Waals surface area contributed by atoms with Gasteiger partial charge in [0.15, 0.2) is 0 Å². The van der Waals surface area contributed by atoms with E-state index >= 15 is 4.39 Å². The van der Waals surface area contributed by atoms with Crippen molar-refractivity contribution in [3.05, 3.63) is 54.2 Å². The molecule has 2 aromatic heterocycles. The van der Waals surface area contributed by atoms with Gasteiger partial charge in [0, 0.05) is 37.4 Å². The van der Waals surface area contributed by atoms with E-state index in [-0.39, 0.29) is 18.5 Å². The van der Waals surface area contributed by atoms with Gasteiger partial charge in [-0.25, -0.2) is 17.6 Å². The fraction of sp³-hybridized carbons (Fsp3) is 0.464. The predicted molar refractivity (Wildman–Crippen MR) is 146 cm³/mol. The van der Waals surface area contributed by atoms with E-state index in [1.165, 1.54) is 12.3 Å². The second-order valence-corrected chi connectivity index (χ2v) is 12.9. The summed E-state index contributed by atoms with van der Waals surface area (Å²) in [7, 11) is -4.55. The van der Waals surface area contributed by atoms with Gasteiger partial charge in [-0.05, 0) is 76.3 Å². The first kappa shape index (κ1) is 29.3. The minimum absolute atomic E-state index is 0.0472. The summed E-state index contributed by atoms with van der Waals surface area (Å²) < 4.78 is 52.8. The van der Waals surface area contributed by atoms with Crippen molar-refractivity contribution in [1.82, 2.24) is 18.8 Å². The lowest BCUT2D eigenvalue weighted by molar-refractivity contribution is -0.134. The van der Waals surface area contributed by atoms with Crippen molar-refractivity contribution in [1.29, 1.82) is 5.26 Å². The van der Waals surface area contributed by atoms with Crippen molar-refractivity contribution in [2.75, 3.05) is 13.1 Å². The molecule has 4 rings (SSSR count). The molecule has 0 bridgehead atoms. The number of aromatic nitrogens is 2. The van der Waals surface area contributed by atoms with E-state index in [4.69, 9.17) is 4.74 Å². The van der Waals surface area contributed by atoms with Gasteiger partial charge in [-0.1, -0.05) is 6.92 Å². The van der Waals surface area contributed by atoms with Crippen LogP contribution in [0.5, 0.6) is 0 Å². The first-order valence-electron chi connectivity index (χ1n) is 13.2. The van der Waals surface area contributed by atoms with Crippen LogP contribution in [0.25, 0.3) is 10.9 Å². The van der Waals surface area contributed by atoms with E-state index in [0.717, 1.165) is 29.5 Å². The molecule has 3 heterocycles. The van der Waals surface area contributed by atoms with Crippen molar-refractivity contribution in [3.63, 3.8) is 0 Å². The van der Waals surface area contributed by atoms with E-state index < -0.39 is 44.4 Å². The highest BCUT2D eigenvalue weighted by Crippen LogP contribution is 2.26. The minimum Gasteiger partial charge on any atom is -0.443 e. The van der Waals surface area contributed by atoms with Gasteiger partial charge in [-0.3, -0.25) is 9.36 Å². The van der Waals surface area contributed by atoms with Crippen molar-refractivity contribution in [3.8, 4) is 6.07 Å². The molecule has 40 heavy (non-hydrogen) atoms. The number of halogens is 1. The van der Waals surface area contributed by atoms with E-state index in [1.807, 2.05) is 0 Å². The van der Waals surface area contributed by atoms with Crippen LogP contribution in [-0.2, 0) is 26.1 Å². The normalized spacial score (nSPS) is 15.7. The van der Waals surface area contributed by atoms with Crippen LogP contribution in [0.15, 0.2) is 47.6 Å². The van der Waals surface area contributed by atoms with Crippen molar-refractivity contribution >= 4 is 32.9 Å². The molecule has 1 N–H and O–H groups in total. The first-order valence-corrected chi connectivity index (χ1v) is 14.7. The molecule has 0 radical (unpaired) electrons. The Labute approximate surface area is 233 Å². The topological polar surface area (TPSA) is 126 Å². The first-order chi connectivity index (χ1) is 18.8. The van der Waals surface area contributed by atoms with Crippen LogP contribution >= 0.6 is 0 Å². The van der Waals surface area contributed by atoms with Gasteiger partial charge in [-0.2, -0.15) is 9.98 Å². The van der Waals surface area contributed by atoms with Crippen LogP contribution in [0.1, 0.15) is 52.7 Å². The number of rotatable bonds is 7. The van der Waals surface area contributed by atoms with Crippen LogP contribution in [0, 0.1) is 23.1 Å². The van der Waals surface area contributed by atoms with Gasteiger partial charge in [0.1, 0.15) is 34.1 Å². The summed E-state index contributed by atoms with van der Waals surface area (Å²) >= 11 is 0. The number of likely N-dealkylation sites (tertiary alicyclic amines) is 1. The number of nitriles is 1. The number of carbonyl (C=O) groups is 2. The zero-order chi connectivity index (χ0) is 29.2. The molecule has 1 aromatic carbocycles. The molecule has 214 valence electrons. The third kappa shape index (κ3) is 6.54. The molecule has 1 amide bonds. The SMILES string of the molecule is CC1CCN(C(=O)C(CCn2cccc2C#N)NS(=O)(=O)c2cc3c(ccn3C(=O)OC(C)(C)C)cc2F)CC1. The van der Waals surface area contributed by atoms with Gasteiger partial charge in [0.25, 0.3) is 0 Å². The number of nitrogens with one attached hydrogen (secondary N) is 1. The maximum Gasteiger partial charge on any atom is 0.418 e. The fourth-order valence-electron chi connectivity index (χ4n) is 4.72. The Kier molecular flexibility index (Phi) is 8.37. The molecule has 0 saturated carbocycles. The molecule has 1 aliphatic heterocycles. The maximum atomic E-state index is 15.2. The quantitative estimate of drug-likeness (QED) is 0.452. The molecule has 0 spiro atoms. The molecule has 1 unspecified atom stereocenters. The van der Waals surface area contributed by atoms with E-state index in [0.29, 0.717) is 30.1 Å². The van der Waals surface area contributed by atoms with Gasteiger partial charge in [0.2, 0.25) is 15.9 Å². The van der Waals surface area contributed by atoms with Crippen LogP contribution in [-0.4, -0.2) is 59.2 Å². The Morgan fingerprint density at radius 1 is 1.20 bits per heavy atom. The zero-order valence-corrected chi connectivity index (χ0v) is 23.9. The summed E-state index contributed by atoms with van der Waals surface area (Å²) in [5.41, 5.74) is -0.273. The third-order valence-corrected chi connectivity index (χ3v) is 8.40. The molecule has 10 nitrogen and oxygen atoms in total. The maximum absolute atomic E-state index is 15.2. The highest BCUT2D eigenvalue weighted by atomic mass is 32.2. The summed E-state index contributed by atoms with van der Waals surface area (Å²) in [5.74, 6) is -0.962. The smallest absolute Gasteiger partial charge is 0.418 e. The molecule has 1 atom stereocenters. The molecule has 3 aromatic rings. The van der Waals surface area contributed by atoms with Gasteiger partial charge >= 0.3 is 6.09 Å². The lowest BCUT2D eigenvalue weighted by Crippen LogP contribution is -2.51. The van der Waals surface area contributed by atoms with Gasteiger partial charge < -0.3 is 14.2 Å². The standard InChI is InChI=1S/C28H34FN5O5S/c1-19-7-12-33(13-8-19)26(35)23(10-14-32-11-5-6-21(32)18-30)31-40(37,38)25-17-24-20(16-22(25)29)9-15-34(24)27(36)39-28(2,3)4/h5-6,9,11,15-17,19,23,31H,7-8,10,12-14H2,1-4H3. The number of hydrogen-bond acceptors (Lipinski definition) is 6. The molecule has 12 heteroatoms. The van der Waals surface area contributed by atoms with Gasteiger partial charge in [0.05, 0.1) is 5.52 Å². The van der Waals surface area contributed by atoms with Crippen molar-refractivity contribution in [2.24, 2.45) is 5.92 Å². The third-order valence-electron chi connectivity index (χ3n) is 6.92. The summed E-state index contributed by atoms with van der Waals surface area (Å²) in [4.78, 5) is 27.2. The summed E-state index contributed by atoms with van der Waals surface area (Å²) in [5, 5.41) is 9.65. The summed E-state index contributed by atoms with van der Waals surface area (Å²) in [6, 6.07) is 7.77. The average Bonchev–Trinajstić information content (AvgIpc) is 3.51. The Bertz CT molecular complexity index is 1560. The van der Waals surface area contributed by atoms with Crippen LogP contribution < -0.4 is 4.72 Å². The predicted octanol–water partition coefficient (Wildman–Crippen LogP) is 4.23. The number of fused-ring (bicyclic) bond motifs is 1. The fourth-order valence-corrected chi connectivity index (χ4v) is 6.03. The van der Waals surface area contributed by atoms with Gasteiger partial charge in [-0.15, -0.1) is 0 Å². The number of nitrogens with zero attached hydrogens (tertiary/aromatic N) is 4. The Morgan fingerprint density at radius 2 is 1.90 bits per heavy atom. The Hall–Kier alpha value is -3.69. The number of aryl methyl sites for hydroxylation is 1. The molecule has 1 fully saturated rings. The lowest BCUT2D eigenvalue weighted by Gasteiger charge is -2.33. The van der Waals surface area contributed by atoms with Crippen LogP contribution in [0.3, 0.4) is 0 Å². The summed E-state index contributed by atoms with van der Waals surface area (Å²) in [6.45, 7) is 8.38. The van der Waals surface area contributed by atoms with Crippen molar-refractivity contribution < 1.29 is 27.1 Å². The lowest BCUT2D eigenvalue weighted by atomic mass is 9.98. The van der Waals surface area contributed by atoms with E-state index in [2.05, 4.69) is 17.7 Å². The molecule has 1 saturated heterocycles. The van der Waals surface area contributed by atoms with Crippen LogP contribution in [0.4, 0.5) is 9.18 Å². The van der Waals surface area contributed by atoms with E-state index in [9.17, 15) is 23.3 Å². The van der Waals surface area contributed by atoms with Crippen LogP contribution in [0.2, 0.25) is 0 Å². The Morgan fingerprint density at radius 3 is 2.55 bits per heavy atom. The number of hydrogen-bond donors (Lipinski definition) is 1. The number of piperidine rings is 1. The van der Waals surface area contributed by atoms with Crippen molar-refractivity contribution in [2.45, 2.75) is 70.0 Å². The molecule has 1 aliphatic rings. The minimum atomic E-state index is -4.55. The monoisotopic (exact) mass is 571 g/mol. The number of sulfonamides is 1. The van der Waals surface area contributed by atoms with E-state index in [1.54, 1.807) is 48.6 Å². The second-order valence-electron chi connectivity index (χ2n) is 11.2. The number of carbonyl (C=O) groups excluding carboxylic acids is 2. The summed E-state index contributed by atoms with van der Waals surface area (Å²) in [6.07, 6.45) is 3.97. The number of benzene rings is 1. The number of ether oxygens (including phenoxy) is 1. The zero-order valence-electron chi connectivity index (χ0n) is 23.1. The largest absolute Gasteiger partial charge is 0.443 e. The average molecular weight is 572 g/mol. The molecular weight excluding hydrogens is 537 g/mol. The number of amides is 1. The highest BCUT2D eigenvalue weighted by Gasteiger charge is 2.33. The highest BCUT2D eigenvalue weighted by molar-refractivity contribution is 7.89. The molecule has 0 aliphatic carbocycles. The second kappa shape index (κ2) is 11.4. The molecular formula is C28H34FN5O5S.